The molecule has 1 fully saturated rings. The van der Waals surface area contributed by atoms with Crippen LogP contribution in [0.15, 0.2) is 36.5 Å². The summed E-state index contributed by atoms with van der Waals surface area (Å²) in [4.78, 5) is 9.22. The number of nitrogens with two attached hydrogens (primary N) is 1. The minimum atomic E-state index is 0.643. The first-order chi connectivity index (χ1) is 9.33. The average molecular weight is 267 g/mol. The van der Waals surface area contributed by atoms with Crippen molar-refractivity contribution < 1.29 is 0 Å². The molecule has 0 aliphatic heterocycles. The van der Waals surface area contributed by atoms with Crippen LogP contribution in [0.2, 0.25) is 0 Å². The fourth-order valence-corrected chi connectivity index (χ4v) is 3.36. The van der Waals surface area contributed by atoms with Gasteiger partial charge in [0.15, 0.2) is 0 Å². The molecule has 1 aromatic carbocycles. The van der Waals surface area contributed by atoms with Gasteiger partial charge < -0.3 is 5.73 Å². The molecule has 1 aliphatic rings. The summed E-state index contributed by atoms with van der Waals surface area (Å²) in [6, 6.07) is 10.2. The lowest BCUT2D eigenvalue weighted by atomic mass is 10.1. The van der Waals surface area contributed by atoms with E-state index >= 15 is 0 Å². The van der Waals surface area contributed by atoms with Crippen molar-refractivity contribution in [2.75, 3.05) is 5.73 Å². The molecule has 0 amide bonds. The van der Waals surface area contributed by atoms with E-state index < -0.39 is 0 Å². The number of thiazole rings is 1. The van der Waals surface area contributed by atoms with Gasteiger partial charge in [-0.05, 0) is 18.9 Å². The van der Waals surface area contributed by atoms with Crippen molar-refractivity contribution in [1.29, 1.82) is 0 Å². The van der Waals surface area contributed by atoms with Gasteiger partial charge >= 0.3 is 0 Å². The van der Waals surface area contributed by atoms with Crippen LogP contribution in [-0.2, 0) is 0 Å². The van der Waals surface area contributed by atoms with Crippen molar-refractivity contribution in [2.45, 2.75) is 18.8 Å². The third kappa shape index (κ3) is 1.79. The zero-order valence-electron chi connectivity index (χ0n) is 10.3. The maximum atomic E-state index is 6.16. The van der Waals surface area contributed by atoms with Gasteiger partial charge in [0.05, 0.1) is 10.5 Å². The van der Waals surface area contributed by atoms with Gasteiger partial charge in [-0.2, -0.15) is 0 Å². The molecule has 2 heterocycles. The highest BCUT2D eigenvalue weighted by Crippen LogP contribution is 2.45. The fraction of sp³-hybridized carbons (Fsp3) is 0.200. The lowest BCUT2D eigenvalue weighted by Gasteiger charge is -2.03. The monoisotopic (exact) mass is 267 g/mol. The van der Waals surface area contributed by atoms with E-state index in [1.807, 2.05) is 18.3 Å². The summed E-state index contributed by atoms with van der Waals surface area (Å²) in [6.45, 7) is 0. The van der Waals surface area contributed by atoms with E-state index in [1.54, 1.807) is 11.3 Å². The standard InChI is InChI=1S/C15H13N3S/c16-14-13(18-15(19-14)10-6-7-10)11-5-1-3-9-4-2-8-17-12(9)11/h1-5,8,10H,6-7,16H2. The van der Waals surface area contributed by atoms with Gasteiger partial charge in [0.1, 0.15) is 10.7 Å². The molecule has 2 aromatic heterocycles. The van der Waals surface area contributed by atoms with E-state index in [9.17, 15) is 0 Å². The van der Waals surface area contributed by atoms with Crippen LogP contribution < -0.4 is 5.73 Å². The maximum absolute atomic E-state index is 6.16. The lowest BCUT2D eigenvalue weighted by Crippen LogP contribution is -1.89. The maximum Gasteiger partial charge on any atom is 0.114 e. The number of hydrogen-bond donors (Lipinski definition) is 1. The van der Waals surface area contributed by atoms with Gasteiger partial charge in [0.25, 0.3) is 0 Å². The number of fused-ring (bicyclic) bond motifs is 1. The molecule has 1 saturated carbocycles. The minimum Gasteiger partial charge on any atom is -0.389 e. The predicted molar refractivity (Wildman–Crippen MR) is 79.2 cm³/mol. The largest absolute Gasteiger partial charge is 0.389 e. The molecule has 0 saturated heterocycles. The SMILES string of the molecule is Nc1sc(C2CC2)nc1-c1cccc2cccnc12. The normalized spacial score (nSPS) is 14.9. The molecule has 0 radical (unpaired) electrons. The van der Waals surface area contributed by atoms with E-state index in [0.29, 0.717) is 5.92 Å². The molecular weight excluding hydrogens is 254 g/mol. The summed E-state index contributed by atoms with van der Waals surface area (Å²) in [7, 11) is 0. The van der Waals surface area contributed by atoms with Crippen LogP contribution in [0.3, 0.4) is 0 Å². The Labute approximate surface area is 115 Å². The van der Waals surface area contributed by atoms with E-state index in [2.05, 4.69) is 23.2 Å². The molecule has 4 rings (SSSR count). The van der Waals surface area contributed by atoms with Crippen LogP contribution in [0.5, 0.6) is 0 Å². The van der Waals surface area contributed by atoms with Gasteiger partial charge in [-0.25, -0.2) is 4.98 Å². The Balaban J connectivity index is 1.94. The molecule has 1 aliphatic carbocycles. The van der Waals surface area contributed by atoms with Crippen LogP contribution in [0.1, 0.15) is 23.8 Å². The summed E-state index contributed by atoms with van der Waals surface area (Å²) in [5, 5.41) is 3.11. The first-order valence-corrected chi connectivity index (χ1v) is 7.25. The summed E-state index contributed by atoms with van der Waals surface area (Å²) < 4.78 is 0. The molecule has 0 atom stereocenters. The van der Waals surface area contributed by atoms with Gasteiger partial charge in [0.2, 0.25) is 0 Å². The Morgan fingerprint density at radius 2 is 2.00 bits per heavy atom. The van der Waals surface area contributed by atoms with Crippen molar-refractivity contribution in [3.63, 3.8) is 0 Å². The zero-order chi connectivity index (χ0) is 12.8. The highest BCUT2D eigenvalue weighted by atomic mass is 32.1. The van der Waals surface area contributed by atoms with Crippen molar-refractivity contribution >= 4 is 27.2 Å². The molecule has 0 spiro atoms. The molecule has 0 bridgehead atoms. The second kappa shape index (κ2) is 4.03. The number of nitrogen functional groups attached to an aromatic ring is 1. The van der Waals surface area contributed by atoms with Crippen LogP contribution in [0.25, 0.3) is 22.2 Å². The Morgan fingerprint density at radius 1 is 1.16 bits per heavy atom. The highest BCUT2D eigenvalue weighted by molar-refractivity contribution is 7.16. The lowest BCUT2D eigenvalue weighted by molar-refractivity contribution is 1.09. The second-order valence-corrected chi connectivity index (χ2v) is 5.98. The molecule has 94 valence electrons. The number of pyridine rings is 1. The fourth-order valence-electron chi connectivity index (χ4n) is 2.34. The van der Waals surface area contributed by atoms with Crippen LogP contribution in [0, 0.1) is 0 Å². The molecule has 3 aromatic rings. The summed E-state index contributed by atoms with van der Waals surface area (Å²) >= 11 is 1.63. The Kier molecular flexibility index (Phi) is 2.32. The number of rotatable bonds is 2. The Hall–Kier alpha value is -1.94. The molecule has 4 heteroatoms. The summed E-state index contributed by atoms with van der Waals surface area (Å²) in [5.41, 5.74) is 9.07. The van der Waals surface area contributed by atoms with Crippen molar-refractivity contribution in [3.05, 3.63) is 41.5 Å². The third-order valence-corrected chi connectivity index (χ3v) is 4.53. The smallest absolute Gasteiger partial charge is 0.114 e. The zero-order valence-corrected chi connectivity index (χ0v) is 11.2. The Bertz CT molecular complexity index is 754. The van der Waals surface area contributed by atoms with Gasteiger partial charge in [-0.3, -0.25) is 4.98 Å². The topological polar surface area (TPSA) is 51.8 Å². The Morgan fingerprint density at radius 3 is 2.84 bits per heavy atom. The third-order valence-electron chi connectivity index (χ3n) is 3.48. The number of benzene rings is 1. The summed E-state index contributed by atoms with van der Waals surface area (Å²) in [5.74, 6) is 0.643. The number of aromatic nitrogens is 2. The average Bonchev–Trinajstić information content (AvgIpc) is 3.22. The minimum absolute atomic E-state index is 0.643. The molecule has 0 unspecified atom stereocenters. The van der Waals surface area contributed by atoms with E-state index in [-0.39, 0.29) is 0 Å². The number of nitrogens with zero attached hydrogens (tertiary/aromatic N) is 2. The number of hydrogen-bond acceptors (Lipinski definition) is 4. The predicted octanol–water partition coefficient (Wildman–Crippen LogP) is 3.82. The quantitative estimate of drug-likeness (QED) is 0.768. The van der Waals surface area contributed by atoms with Crippen LogP contribution >= 0.6 is 11.3 Å². The van der Waals surface area contributed by atoms with Gasteiger partial charge in [-0.15, -0.1) is 11.3 Å². The number of anilines is 1. The first kappa shape index (κ1) is 10.9. The second-order valence-electron chi connectivity index (χ2n) is 4.92. The van der Waals surface area contributed by atoms with E-state index in [0.717, 1.165) is 27.2 Å². The van der Waals surface area contributed by atoms with E-state index in [1.165, 1.54) is 17.8 Å². The van der Waals surface area contributed by atoms with Gasteiger partial charge in [-0.1, -0.05) is 24.3 Å². The van der Waals surface area contributed by atoms with Crippen LogP contribution in [0.4, 0.5) is 5.00 Å². The van der Waals surface area contributed by atoms with Gasteiger partial charge in [0, 0.05) is 23.1 Å². The van der Waals surface area contributed by atoms with E-state index in [4.69, 9.17) is 10.7 Å². The highest BCUT2D eigenvalue weighted by Gasteiger charge is 2.28. The van der Waals surface area contributed by atoms with Crippen molar-refractivity contribution in [1.82, 2.24) is 9.97 Å². The molecule has 2 N–H and O–H groups in total. The van der Waals surface area contributed by atoms with Crippen molar-refractivity contribution in [2.24, 2.45) is 0 Å². The molecule has 3 nitrogen and oxygen atoms in total. The molecule has 19 heavy (non-hydrogen) atoms. The van der Waals surface area contributed by atoms with Crippen LogP contribution in [-0.4, -0.2) is 9.97 Å². The number of para-hydroxylation sites is 1. The first-order valence-electron chi connectivity index (χ1n) is 6.43. The molecular formula is C15H13N3S. The van der Waals surface area contributed by atoms with Crippen molar-refractivity contribution in [3.8, 4) is 11.3 Å². The summed E-state index contributed by atoms with van der Waals surface area (Å²) in [6.07, 6.45) is 4.32.